The lowest BCUT2D eigenvalue weighted by molar-refractivity contribution is -0.134. The van der Waals surface area contributed by atoms with E-state index in [2.05, 4.69) is 19.2 Å². The van der Waals surface area contributed by atoms with Gasteiger partial charge < -0.3 is 19.9 Å². The first-order valence-corrected chi connectivity index (χ1v) is 13.4. The van der Waals surface area contributed by atoms with Gasteiger partial charge in [0, 0.05) is 49.3 Å². The molecule has 4 rings (SSSR count). The van der Waals surface area contributed by atoms with Gasteiger partial charge in [-0.25, -0.2) is 4.79 Å². The van der Waals surface area contributed by atoms with E-state index in [4.69, 9.17) is 27.9 Å². The van der Waals surface area contributed by atoms with E-state index in [-0.39, 0.29) is 43.5 Å². The lowest BCUT2D eigenvalue weighted by Crippen LogP contribution is -2.47. The Morgan fingerprint density at radius 1 is 1.28 bits per heavy atom. The van der Waals surface area contributed by atoms with Gasteiger partial charge >= 0.3 is 6.03 Å². The van der Waals surface area contributed by atoms with Crippen molar-refractivity contribution in [1.29, 1.82) is 0 Å². The van der Waals surface area contributed by atoms with Crippen molar-refractivity contribution >= 4 is 41.0 Å². The zero-order valence-electron chi connectivity index (χ0n) is 21.1. The number of nitrogens with zero attached hydrogens (tertiary/aromatic N) is 3. The first-order chi connectivity index (χ1) is 17.2. The largest absolute Gasteiger partial charge is 0.376 e. The lowest BCUT2D eigenvalue weighted by atomic mass is 9.95. The number of benzene rings is 1. The molecule has 8 nitrogen and oxygen atoms in total. The van der Waals surface area contributed by atoms with Crippen LogP contribution in [0.5, 0.6) is 0 Å². The Kier molecular flexibility index (Phi) is 8.48. The standard InChI is InChI=1S/C26H34Cl2N4O4/c1-4-32-21-15-30(10-9-22(33)31(13-16(2)3)14-18-6-5-11-36-18)25(34)23(21)24(29-26(32)35)19-8-7-17(27)12-20(19)28/h7-8,12,16,18,24H,4-6,9-11,13-15H2,1-3H3,(H,29,35)/t18-,24+/m1/s1. The molecule has 0 aliphatic carbocycles. The van der Waals surface area contributed by atoms with Crippen molar-refractivity contribution in [3.8, 4) is 0 Å². The molecular weight excluding hydrogens is 503 g/mol. The van der Waals surface area contributed by atoms with Crippen molar-refractivity contribution in [2.75, 3.05) is 39.3 Å². The van der Waals surface area contributed by atoms with E-state index in [1.807, 2.05) is 11.8 Å². The number of carbonyl (C=O) groups excluding carboxylic acids is 3. The van der Waals surface area contributed by atoms with E-state index < -0.39 is 6.04 Å². The molecule has 3 aliphatic rings. The molecule has 0 bridgehead atoms. The average molecular weight is 537 g/mol. The molecule has 1 fully saturated rings. The van der Waals surface area contributed by atoms with Crippen molar-refractivity contribution in [2.24, 2.45) is 5.92 Å². The molecule has 2 atom stereocenters. The Labute approximate surface area is 222 Å². The molecule has 1 saturated heterocycles. The molecule has 0 saturated carbocycles. The molecule has 196 valence electrons. The summed E-state index contributed by atoms with van der Waals surface area (Å²) in [7, 11) is 0. The van der Waals surface area contributed by atoms with Crippen molar-refractivity contribution in [3.05, 3.63) is 45.1 Å². The van der Waals surface area contributed by atoms with E-state index in [1.165, 1.54) is 0 Å². The predicted octanol–water partition coefficient (Wildman–Crippen LogP) is 4.23. The summed E-state index contributed by atoms with van der Waals surface area (Å²) < 4.78 is 5.75. The highest BCUT2D eigenvalue weighted by molar-refractivity contribution is 6.35. The maximum absolute atomic E-state index is 13.6. The van der Waals surface area contributed by atoms with Gasteiger partial charge in [-0.15, -0.1) is 0 Å². The summed E-state index contributed by atoms with van der Waals surface area (Å²) in [5.41, 5.74) is 1.77. The normalized spacial score (nSPS) is 21.9. The molecular formula is C26H34Cl2N4O4. The number of hydrogen-bond acceptors (Lipinski definition) is 4. The van der Waals surface area contributed by atoms with Crippen molar-refractivity contribution in [3.63, 3.8) is 0 Å². The Bertz CT molecular complexity index is 1050. The average Bonchev–Trinajstić information content (AvgIpc) is 3.44. The van der Waals surface area contributed by atoms with Crippen LogP contribution in [0.2, 0.25) is 10.0 Å². The minimum absolute atomic E-state index is 0.00992. The van der Waals surface area contributed by atoms with Crippen LogP contribution in [0.25, 0.3) is 0 Å². The highest BCUT2D eigenvalue weighted by atomic mass is 35.5. The minimum atomic E-state index is -0.676. The second-order valence-electron chi connectivity index (χ2n) is 9.96. The Balaban J connectivity index is 1.50. The summed E-state index contributed by atoms with van der Waals surface area (Å²) in [4.78, 5) is 44.8. The third-order valence-electron chi connectivity index (χ3n) is 6.87. The van der Waals surface area contributed by atoms with Gasteiger partial charge in [-0.3, -0.25) is 14.5 Å². The summed E-state index contributed by atoms with van der Waals surface area (Å²) in [5.74, 6) is 0.148. The van der Waals surface area contributed by atoms with Gasteiger partial charge in [-0.1, -0.05) is 43.1 Å². The second-order valence-corrected chi connectivity index (χ2v) is 10.8. The highest BCUT2D eigenvalue weighted by Crippen LogP contribution is 2.39. The molecule has 1 N–H and O–H groups in total. The molecule has 3 heterocycles. The molecule has 10 heteroatoms. The Morgan fingerprint density at radius 3 is 2.69 bits per heavy atom. The lowest BCUT2D eigenvalue weighted by Gasteiger charge is -2.33. The SMILES string of the molecule is CCN1C(=O)N[C@@H](c2ccc(Cl)cc2Cl)C2=C1CN(CCC(=O)N(CC(C)C)C[C@H]1CCCO1)C2=O. The van der Waals surface area contributed by atoms with Crippen LogP contribution < -0.4 is 5.32 Å². The zero-order chi connectivity index (χ0) is 26.0. The molecule has 3 aliphatic heterocycles. The minimum Gasteiger partial charge on any atom is -0.376 e. The quantitative estimate of drug-likeness (QED) is 0.511. The van der Waals surface area contributed by atoms with Gasteiger partial charge in [0.05, 0.1) is 30.0 Å². The number of hydrogen-bond donors (Lipinski definition) is 1. The first-order valence-electron chi connectivity index (χ1n) is 12.6. The first kappa shape index (κ1) is 26.8. The molecule has 4 amide bonds. The molecule has 1 aromatic carbocycles. The van der Waals surface area contributed by atoms with Gasteiger partial charge in [0.2, 0.25) is 5.91 Å². The van der Waals surface area contributed by atoms with Crippen molar-refractivity contribution < 1.29 is 19.1 Å². The van der Waals surface area contributed by atoms with E-state index in [9.17, 15) is 14.4 Å². The monoisotopic (exact) mass is 536 g/mol. The van der Waals surface area contributed by atoms with Crippen LogP contribution >= 0.6 is 23.2 Å². The number of carbonyl (C=O) groups is 3. The van der Waals surface area contributed by atoms with Crippen molar-refractivity contribution in [1.82, 2.24) is 20.0 Å². The second kappa shape index (κ2) is 11.4. The zero-order valence-corrected chi connectivity index (χ0v) is 22.6. The Hall–Kier alpha value is -2.29. The maximum atomic E-state index is 13.6. The van der Waals surface area contributed by atoms with E-state index in [0.717, 1.165) is 19.4 Å². The van der Waals surface area contributed by atoms with Gasteiger partial charge in [-0.05, 0) is 43.4 Å². The van der Waals surface area contributed by atoms with Crippen LogP contribution in [0.3, 0.4) is 0 Å². The third-order valence-corrected chi connectivity index (χ3v) is 7.43. The van der Waals surface area contributed by atoms with Crippen LogP contribution in [-0.4, -0.2) is 78.0 Å². The molecule has 0 radical (unpaired) electrons. The van der Waals surface area contributed by atoms with Crippen molar-refractivity contribution in [2.45, 2.75) is 52.2 Å². The number of nitrogens with one attached hydrogen (secondary N) is 1. The van der Waals surface area contributed by atoms with Crippen LogP contribution in [0.15, 0.2) is 29.5 Å². The summed E-state index contributed by atoms with van der Waals surface area (Å²) in [6, 6.07) is 4.07. The number of halogens is 2. The van der Waals surface area contributed by atoms with Gasteiger partial charge in [0.15, 0.2) is 0 Å². The number of amides is 4. The molecule has 0 spiro atoms. The number of ether oxygens (including phenoxy) is 1. The summed E-state index contributed by atoms with van der Waals surface area (Å²) >= 11 is 12.5. The van der Waals surface area contributed by atoms with Crippen LogP contribution in [0.4, 0.5) is 4.79 Å². The third kappa shape index (κ3) is 5.66. The van der Waals surface area contributed by atoms with E-state index >= 15 is 0 Å². The summed E-state index contributed by atoms with van der Waals surface area (Å²) in [5, 5.41) is 3.78. The number of urea groups is 1. The summed E-state index contributed by atoms with van der Waals surface area (Å²) in [6.07, 6.45) is 2.28. The van der Waals surface area contributed by atoms with E-state index in [1.54, 1.807) is 28.0 Å². The highest BCUT2D eigenvalue weighted by Gasteiger charge is 2.44. The topological polar surface area (TPSA) is 82.2 Å². The predicted molar refractivity (Wildman–Crippen MR) is 139 cm³/mol. The fraction of sp³-hybridized carbons (Fsp3) is 0.577. The Morgan fingerprint density at radius 2 is 2.06 bits per heavy atom. The number of rotatable bonds is 9. The van der Waals surface area contributed by atoms with E-state index in [0.29, 0.717) is 52.4 Å². The van der Waals surface area contributed by atoms with Crippen LogP contribution in [0, 0.1) is 5.92 Å². The molecule has 0 unspecified atom stereocenters. The molecule has 1 aromatic rings. The maximum Gasteiger partial charge on any atom is 0.322 e. The van der Waals surface area contributed by atoms with Crippen LogP contribution in [0.1, 0.15) is 51.6 Å². The van der Waals surface area contributed by atoms with Gasteiger partial charge in [-0.2, -0.15) is 0 Å². The molecule has 36 heavy (non-hydrogen) atoms. The molecule has 0 aromatic heterocycles. The number of likely N-dealkylation sites (N-methyl/N-ethyl adjacent to an activating group) is 1. The fourth-order valence-electron chi connectivity index (χ4n) is 5.17. The smallest absolute Gasteiger partial charge is 0.322 e. The van der Waals surface area contributed by atoms with Crippen LogP contribution in [-0.2, 0) is 14.3 Å². The van der Waals surface area contributed by atoms with Gasteiger partial charge in [0.1, 0.15) is 0 Å². The fourth-order valence-corrected chi connectivity index (χ4v) is 5.69. The van der Waals surface area contributed by atoms with Gasteiger partial charge in [0.25, 0.3) is 5.91 Å². The summed E-state index contributed by atoms with van der Waals surface area (Å²) in [6.45, 7) is 9.00.